The van der Waals surface area contributed by atoms with E-state index in [4.69, 9.17) is 5.26 Å². The standard InChI is InChI=1S/C16H32N4/c1-5-20(6-2)15-9-12-19(13-15)11-8-7-10-16(3,14-17)18-4/h15,18H,5-13H2,1-4H3. The highest BCUT2D eigenvalue weighted by Crippen LogP contribution is 2.17. The van der Waals surface area contributed by atoms with Gasteiger partial charge in [0, 0.05) is 12.6 Å². The molecule has 4 heteroatoms. The topological polar surface area (TPSA) is 42.3 Å². The van der Waals surface area contributed by atoms with Gasteiger partial charge in [-0.2, -0.15) is 5.26 Å². The fourth-order valence-corrected chi connectivity index (χ4v) is 3.10. The third kappa shape index (κ3) is 5.05. The van der Waals surface area contributed by atoms with Gasteiger partial charge >= 0.3 is 0 Å². The molecule has 1 heterocycles. The molecule has 1 aliphatic heterocycles. The zero-order valence-electron chi connectivity index (χ0n) is 13.8. The van der Waals surface area contributed by atoms with Gasteiger partial charge in [0.25, 0.3) is 0 Å². The molecule has 4 nitrogen and oxygen atoms in total. The maximum Gasteiger partial charge on any atom is 0.103 e. The van der Waals surface area contributed by atoms with Crippen molar-refractivity contribution in [1.82, 2.24) is 15.1 Å². The molecule has 0 aromatic carbocycles. The second kappa shape index (κ2) is 8.61. The van der Waals surface area contributed by atoms with E-state index >= 15 is 0 Å². The van der Waals surface area contributed by atoms with Gasteiger partial charge in [-0.3, -0.25) is 4.90 Å². The summed E-state index contributed by atoms with van der Waals surface area (Å²) in [5.41, 5.74) is -0.352. The van der Waals surface area contributed by atoms with Crippen molar-refractivity contribution in [3.8, 4) is 6.07 Å². The molecule has 0 aromatic heterocycles. The van der Waals surface area contributed by atoms with Gasteiger partial charge in [-0.05, 0) is 65.8 Å². The molecule has 2 unspecified atom stereocenters. The van der Waals surface area contributed by atoms with Crippen LogP contribution in [0.25, 0.3) is 0 Å². The van der Waals surface area contributed by atoms with Crippen molar-refractivity contribution in [3.63, 3.8) is 0 Å². The quantitative estimate of drug-likeness (QED) is 0.657. The van der Waals surface area contributed by atoms with Crippen LogP contribution in [0.4, 0.5) is 0 Å². The van der Waals surface area contributed by atoms with Crippen molar-refractivity contribution in [3.05, 3.63) is 0 Å². The first-order valence-corrected chi connectivity index (χ1v) is 8.15. The van der Waals surface area contributed by atoms with Gasteiger partial charge < -0.3 is 10.2 Å². The Kier molecular flexibility index (Phi) is 7.50. The molecule has 20 heavy (non-hydrogen) atoms. The summed E-state index contributed by atoms with van der Waals surface area (Å²) in [6, 6.07) is 3.12. The Morgan fingerprint density at radius 1 is 1.35 bits per heavy atom. The first-order valence-electron chi connectivity index (χ1n) is 8.15. The maximum atomic E-state index is 9.12. The van der Waals surface area contributed by atoms with E-state index in [1.54, 1.807) is 0 Å². The van der Waals surface area contributed by atoms with Crippen LogP contribution in [0.3, 0.4) is 0 Å². The van der Waals surface area contributed by atoms with Crippen molar-refractivity contribution < 1.29 is 0 Å². The Morgan fingerprint density at radius 2 is 2.05 bits per heavy atom. The van der Waals surface area contributed by atoms with Crippen molar-refractivity contribution >= 4 is 0 Å². The molecule has 0 aliphatic carbocycles. The fourth-order valence-electron chi connectivity index (χ4n) is 3.10. The molecule has 1 aliphatic rings. The van der Waals surface area contributed by atoms with E-state index in [1.807, 2.05) is 14.0 Å². The molecule has 1 rings (SSSR count). The number of rotatable bonds is 9. The van der Waals surface area contributed by atoms with Gasteiger partial charge in [-0.25, -0.2) is 0 Å². The summed E-state index contributed by atoms with van der Waals surface area (Å²) in [5.74, 6) is 0. The van der Waals surface area contributed by atoms with Crippen LogP contribution in [0.5, 0.6) is 0 Å². The summed E-state index contributed by atoms with van der Waals surface area (Å²) in [7, 11) is 1.87. The summed E-state index contributed by atoms with van der Waals surface area (Å²) >= 11 is 0. The predicted octanol–water partition coefficient (Wildman–Crippen LogP) is 2.07. The van der Waals surface area contributed by atoms with E-state index < -0.39 is 0 Å². The molecule has 0 amide bonds. The minimum absolute atomic E-state index is 0.352. The van der Waals surface area contributed by atoms with Gasteiger partial charge in [-0.1, -0.05) is 13.8 Å². The smallest absolute Gasteiger partial charge is 0.103 e. The summed E-state index contributed by atoms with van der Waals surface area (Å²) in [4.78, 5) is 5.17. The highest BCUT2D eigenvalue weighted by molar-refractivity contribution is 5.02. The molecular weight excluding hydrogens is 248 g/mol. The van der Waals surface area contributed by atoms with Crippen molar-refractivity contribution in [1.29, 1.82) is 5.26 Å². The van der Waals surface area contributed by atoms with E-state index in [1.165, 1.54) is 32.5 Å². The lowest BCUT2D eigenvalue weighted by molar-refractivity contribution is 0.209. The summed E-state index contributed by atoms with van der Waals surface area (Å²) in [6.45, 7) is 12.5. The fraction of sp³-hybridized carbons (Fsp3) is 0.938. The van der Waals surface area contributed by atoms with Gasteiger partial charge in [-0.15, -0.1) is 0 Å². The van der Waals surface area contributed by atoms with E-state index in [2.05, 4.69) is 35.0 Å². The minimum atomic E-state index is -0.352. The first kappa shape index (κ1) is 17.4. The predicted molar refractivity (Wildman–Crippen MR) is 84.7 cm³/mol. The lowest BCUT2D eigenvalue weighted by atomic mass is 9.97. The van der Waals surface area contributed by atoms with Crippen LogP contribution in [0.1, 0.15) is 46.5 Å². The Labute approximate surface area is 125 Å². The molecule has 1 saturated heterocycles. The lowest BCUT2D eigenvalue weighted by Gasteiger charge is -2.26. The second-order valence-corrected chi connectivity index (χ2v) is 6.12. The Hall–Kier alpha value is -0.630. The molecule has 116 valence electrons. The number of nitrogens with one attached hydrogen (secondary N) is 1. The zero-order valence-corrected chi connectivity index (χ0v) is 13.8. The summed E-state index contributed by atoms with van der Waals surface area (Å²) in [5, 5.41) is 12.2. The number of hydrogen-bond acceptors (Lipinski definition) is 4. The first-order chi connectivity index (χ1) is 9.58. The van der Waals surface area contributed by atoms with Crippen LogP contribution in [-0.2, 0) is 0 Å². The van der Waals surface area contributed by atoms with Crippen LogP contribution >= 0.6 is 0 Å². The van der Waals surface area contributed by atoms with Gasteiger partial charge in [0.2, 0.25) is 0 Å². The van der Waals surface area contributed by atoms with Gasteiger partial charge in [0.15, 0.2) is 0 Å². The molecule has 1 N–H and O–H groups in total. The Morgan fingerprint density at radius 3 is 2.60 bits per heavy atom. The van der Waals surface area contributed by atoms with E-state index in [-0.39, 0.29) is 5.54 Å². The van der Waals surface area contributed by atoms with E-state index in [0.717, 1.165) is 32.0 Å². The van der Waals surface area contributed by atoms with Crippen LogP contribution in [0.15, 0.2) is 0 Å². The highest BCUT2D eigenvalue weighted by Gasteiger charge is 2.26. The van der Waals surface area contributed by atoms with Gasteiger partial charge in [0.05, 0.1) is 6.07 Å². The lowest BCUT2D eigenvalue weighted by Crippen LogP contribution is -2.38. The molecule has 2 atom stereocenters. The van der Waals surface area contributed by atoms with Crippen LogP contribution in [0.2, 0.25) is 0 Å². The van der Waals surface area contributed by atoms with E-state index in [9.17, 15) is 0 Å². The Balaban J connectivity index is 2.20. The zero-order chi connectivity index (χ0) is 15.0. The molecule has 0 radical (unpaired) electrons. The number of hydrogen-bond donors (Lipinski definition) is 1. The van der Waals surface area contributed by atoms with E-state index in [0.29, 0.717) is 0 Å². The van der Waals surface area contributed by atoms with Crippen molar-refractivity contribution in [2.75, 3.05) is 39.8 Å². The number of likely N-dealkylation sites (tertiary alicyclic amines) is 1. The third-order valence-corrected chi connectivity index (χ3v) is 4.78. The minimum Gasteiger partial charge on any atom is -0.303 e. The maximum absolute atomic E-state index is 9.12. The average Bonchev–Trinajstić information content (AvgIpc) is 2.93. The van der Waals surface area contributed by atoms with Gasteiger partial charge in [0.1, 0.15) is 5.54 Å². The molecular formula is C16H32N4. The molecule has 0 spiro atoms. The molecule has 0 bridgehead atoms. The highest BCUT2D eigenvalue weighted by atomic mass is 15.2. The summed E-state index contributed by atoms with van der Waals surface area (Å²) in [6.07, 6.45) is 4.57. The van der Waals surface area contributed by atoms with Crippen molar-refractivity contribution in [2.45, 2.75) is 58.0 Å². The SMILES string of the molecule is CCN(CC)C1CCN(CCCCC(C)(C#N)NC)C1. The number of nitriles is 1. The van der Waals surface area contributed by atoms with Crippen molar-refractivity contribution in [2.24, 2.45) is 0 Å². The normalized spacial score (nSPS) is 22.9. The molecule has 1 fully saturated rings. The van der Waals surface area contributed by atoms with Crippen LogP contribution in [-0.4, -0.2) is 61.2 Å². The monoisotopic (exact) mass is 280 g/mol. The average molecular weight is 280 g/mol. The number of nitrogens with zero attached hydrogens (tertiary/aromatic N) is 3. The number of unbranched alkanes of at least 4 members (excludes halogenated alkanes) is 1. The Bertz CT molecular complexity index is 308. The molecule has 0 aromatic rings. The summed E-state index contributed by atoms with van der Waals surface area (Å²) < 4.78 is 0. The second-order valence-electron chi connectivity index (χ2n) is 6.12. The largest absolute Gasteiger partial charge is 0.303 e. The number of likely N-dealkylation sites (N-methyl/N-ethyl adjacent to an activating group) is 1. The van der Waals surface area contributed by atoms with Crippen LogP contribution < -0.4 is 5.32 Å². The third-order valence-electron chi connectivity index (χ3n) is 4.78. The van der Waals surface area contributed by atoms with Crippen LogP contribution in [0, 0.1) is 11.3 Å². The molecule has 0 saturated carbocycles.